The maximum absolute atomic E-state index is 14.6. The fourth-order valence-corrected chi connectivity index (χ4v) is 4.94. The first-order chi connectivity index (χ1) is 18.2. The second kappa shape index (κ2) is 11.2. The zero-order chi connectivity index (χ0) is 27.3. The number of benzene rings is 3. The quantitative estimate of drug-likeness (QED) is 0.248. The number of methoxy groups -OCH3 is 3. The van der Waals surface area contributed by atoms with Crippen molar-refractivity contribution in [3.63, 3.8) is 0 Å². The largest absolute Gasteiger partial charge is 0.495 e. The molecule has 0 aliphatic rings. The highest BCUT2D eigenvalue weighted by Crippen LogP contribution is 2.35. The number of aryl methyl sites for hydroxylation is 1. The first-order valence-corrected chi connectivity index (χ1v) is 12.8. The number of hydrogen-bond acceptors (Lipinski definition) is 9. The van der Waals surface area contributed by atoms with Gasteiger partial charge in [-0.15, -0.1) is 0 Å². The Balaban J connectivity index is 1.66. The molecular weight excluding hydrogens is 513 g/mol. The van der Waals surface area contributed by atoms with Crippen LogP contribution >= 0.6 is 0 Å². The van der Waals surface area contributed by atoms with Crippen molar-refractivity contribution in [2.75, 3.05) is 36.7 Å². The number of aromatic nitrogens is 2. The molecule has 0 bridgehead atoms. The van der Waals surface area contributed by atoms with E-state index in [0.717, 1.165) is 11.8 Å². The van der Waals surface area contributed by atoms with Crippen molar-refractivity contribution >= 4 is 38.9 Å². The molecule has 0 unspecified atom stereocenters. The van der Waals surface area contributed by atoms with Crippen molar-refractivity contribution in [3.8, 4) is 17.2 Å². The van der Waals surface area contributed by atoms with Gasteiger partial charge in [-0.1, -0.05) is 23.8 Å². The van der Waals surface area contributed by atoms with Gasteiger partial charge in [0.15, 0.2) is 28.0 Å². The standard InChI is InChI=1S/C26H26FN5O5S/c1-16-8-10-17(11-9-16)32-38(33,34)24-20(6-5-7-22(24)36-3)30-26-28-15-19(27)25(31-26)29-18-12-13-21(35-2)23(14-18)37-4/h5-15,32H,1-4H3,(H2,28,29,30,31). The van der Waals surface area contributed by atoms with E-state index in [2.05, 4.69) is 25.3 Å². The summed E-state index contributed by atoms with van der Waals surface area (Å²) in [6.07, 6.45) is 0.970. The molecule has 0 aliphatic heterocycles. The molecule has 4 aromatic rings. The van der Waals surface area contributed by atoms with Gasteiger partial charge in [-0.2, -0.15) is 4.98 Å². The summed E-state index contributed by atoms with van der Waals surface area (Å²) in [6, 6.07) is 16.5. The van der Waals surface area contributed by atoms with Gasteiger partial charge in [0, 0.05) is 17.4 Å². The van der Waals surface area contributed by atoms with Crippen LogP contribution in [0.1, 0.15) is 5.56 Å². The third kappa shape index (κ3) is 5.86. The molecule has 0 spiro atoms. The third-order valence-corrected chi connectivity index (χ3v) is 6.87. The molecule has 38 heavy (non-hydrogen) atoms. The minimum absolute atomic E-state index is 0.0468. The highest BCUT2D eigenvalue weighted by atomic mass is 32.2. The Morgan fingerprint density at radius 1 is 0.816 bits per heavy atom. The van der Waals surface area contributed by atoms with E-state index in [0.29, 0.717) is 22.9 Å². The molecule has 3 aromatic carbocycles. The zero-order valence-corrected chi connectivity index (χ0v) is 21.9. The van der Waals surface area contributed by atoms with Crippen LogP contribution in [0.3, 0.4) is 0 Å². The second-order valence-electron chi connectivity index (χ2n) is 8.02. The van der Waals surface area contributed by atoms with Crippen LogP contribution in [0.4, 0.5) is 33.2 Å². The summed E-state index contributed by atoms with van der Waals surface area (Å²) in [5.74, 6) is 0.145. The third-order valence-electron chi connectivity index (χ3n) is 5.41. The molecule has 0 saturated heterocycles. The monoisotopic (exact) mass is 539 g/mol. The number of halogens is 1. The Morgan fingerprint density at radius 3 is 2.18 bits per heavy atom. The van der Waals surface area contributed by atoms with E-state index in [-0.39, 0.29) is 28.1 Å². The van der Waals surface area contributed by atoms with Crippen LogP contribution in [0, 0.1) is 12.7 Å². The zero-order valence-electron chi connectivity index (χ0n) is 21.1. The van der Waals surface area contributed by atoms with Crippen LogP contribution in [-0.4, -0.2) is 39.7 Å². The summed E-state index contributed by atoms with van der Waals surface area (Å²) in [4.78, 5) is 8.01. The maximum atomic E-state index is 14.6. The summed E-state index contributed by atoms with van der Waals surface area (Å²) < 4.78 is 59.8. The van der Waals surface area contributed by atoms with Crippen LogP contribution in [-0.2, 0) is 10.0 Å². The van der Waals surface area contributed by atoms with Gasteiger partial charge in [-0.05, 0) is 43.3 Å². The fraction of sp³-hybridized carbons (Fsp3) is 0.154. The van der Waals surface area contributed by atoms with Crippen LogP contribution in [0.15, 0.2) is 71.8 Å². The van der Waals surface area contributed by atoms with Crippen molar-refractivity contribution in [3.05, 3.63) is 78.2 Å². The fourth-order valence-electron chi connectivity index (χ4n) is 3.57. The lowest BCUT2D eigenvalue weighted by atomic mass is 10.2. The lowest BCUT2D eigenvalue weighted by Crippen LogP contribution is -2.16. The number of nitrogens with one attached hydrogen (secondary N) is 3. The van der Waals surface area contributed by atoms with E-state index in [4.69, 9.17) is 14.2 Å². The van der Waals surface area contributed by atoms with Crippen LogP contribution in [0.2, 0.25) is 0 Å². The van der Waals surface area contributed by atoms with E-state index >= 15 is 0 Å². The van der Waals surface area contributed by atoms with Gasteiger partial charge in [0.1, 0.15) is 5.75 Å². The Morgan fingerprint density at radius 2 is 1.50 bits per heavy atom. The summed E-state index contributed by atoms with van der Waals surface area (Å²) in [6.45, 7) is 1.90. The lowest BCUT2D eigenvalue weighted by molar-refractivity contribution is 0.355. The Labute approximate surface area is 219 Å². The first kappa shape index (κ1) is 26.5. The van der Waals surface area contributed by atoms with Gasteiger partial charge in [-0.25, -0.2) is 17.8 Å². The van der Waals surface area contributed by atoms with Crippen molar-refractivity contribution < 1.29 is 27.0 Å². The maximum Gasteiger partial charge on any atom is 0.267 e. The molecule has 12 heteroatoms. The van der Waals surface area contributed by atoms with Gasteiger partial charge in [0.05, 0.1) is 33.2 Å². The lowest BCUT2D eigenvalue weighted by Gasteiger charge is -2.17. The Hall–Kier alpha value is -4.58. The molecule has 3 N–H and O–H groups in total. The number of ether oxygens (including phenoxy) is 3. The van der Waals surface area contributed by atoms with Crippen molar-refractivity contribution in [1.29, 1.82) is 0 Å². The Kier molecular flexibility index (Phi) is 7.82. The van der Waals surface area contributed by atoms with E-state index < -0.39 is 15.8 Å². The molecule has 198 valence electrons. The van der Waals surface area contributed by atoms with Gasteiger partial charge >= 0.3 is 0 Å². The molecule has 0 radical (unpaired) electrons. The summed E-state index contributed by atoms with van der Waals surface area (Å²) in [5.41, 5.74) is 1.98. The second-order valence-corrected chi connectivity index (χ2v) is 9.64. The van der Waals surface area contributed by atoms with Crippen molar-refractivity contribution in [1.82, 2.24) is 9.97 Å². The number of sulfonamides is 1. The molecule has 0 fully saturated rings. The number of hydrogen-bond donors (Lipinski definition) is 3. The SMILES string of the molecule is COc1ccc(Nc2nc(Nc3cccc(OC)c3S(=O)(=O)Nc3ccc(C)cc3)ncc2F)cc1OC. The van der Waals surface area contributed by atoms with Gasteiger partial charge in [-0.3, -0.25) is 4.72 Å². The van der Waals surface area contributed by atoms with Gasteiger partial charge in [0.25, 0.3) is 10.0 Å². The van der Waals surface area contributed by atoms with E-state index in [1.165, 1.54) is 33.5 Å². The van der Waals surface area contributed by atoms with Crippen LogP contribution < -0.4 is 29.6 Å². The molecule has 0 aliphatic carbocycles. The number of rotatable bonds is 10. The highest BCUT2D eigenvalue weighted by Gasteiger charge is 2.25. The average molecular weight is 540 g/mol. The van der Waals surface area contributed by atoms with Crippen LogP contribution in [0.25, 0.3) is 0 Å². The summed E-state index contributed by atoms with van der Waals surface area (Å²) >= 11 is 0. The van der Waals surface area contributed by atoms with Gasteiger partial charge in [0.2, 0.25) is 5.95 Å². The van der Waals surface area contributed by atoms with E-state index in [1.807, 2.05) is 6.92 Å². The van der Waals surface area contributed by atoms with Crippen molar-refractivity contribution in [2.45, 2.75) is 11.8 Å². The minimum Gasteiger partial charge on any atom is -0.495 e. The van der Waals surface area contributed by atoms with E-state index in [9.17, 15) is 12.8 Å². The van der Waals surface area contributed by atoms with E-state index in [1.54, 1.807) is 48.5 Å². The normalized spacial score (nSPS) is 11.0. The molecule has 1 aromatic heterocycles. The molecule has 0 amide bonds. The highest BCUT2D eigenvalue weighted by molar-refractivity contribution is 7.93. The summed E-state index contributed by atoms with van der Waals surface area (Å²) in [5, 5.41) is 5.74. The molecule has 0 atom stereocenters. The number of nitrogens with zero attached hydrogens (tertiary/aromatic N) is 2. The first-order valence-electron chi connectivity index (χ1n) is 11.3. The molecule has 4 rings (SSSR count). The Bertz CT molecular complexity index is 1550. The molecule has 0 saturated carbocycles. The molecule has 10 nitrogen and oxygen atoms in total. The average Bonchev–Trinajstić information content (AvgIpc) is 2.91. The minimum atomic E-state index is -4.11. The summed E-state index contributed by atoms with van der Waals surface area (Å²) in [7, 11) is 0.254. The van der Waals surface area contributed by atoms with Gasteiger partial charge < -0.3 is 24.8 Å². The van der Waals surface area contributed by atoms with Crippen molar-refractivity contribution in [2.24, 2.45) is 0 Å². The molecular formula is C26H26FN5O5S. The smallest absolute Gasteiger partial charge is 0.267 e. The molecule has 1 heterocycles. The topological polar surface area (TPSA) is 124 Å². The van der Waals surface area contributed by atoms with Crippen LogP contribution in [0.5, 0.6) is 17.2 Å². The number of anilines is 5. The predicted octanol–water partition coefficient (Wildman–Crippen LogP) is 5.24. The predicted molar refractivity (Wildman–Crippen MR) is 143 cm³/mol.